The maximum absolute atomic E-state index is 13.0. The van der Waals surface area contributed by atoms with Gasteiger partial charge in [0.25, 0.3) is 0 Å². The van der Waals surface area contributed by atoms with Gasteiger partial charge in [0.2, 0.25) is 5.91 Å². The van der Waals surface area contributed by atoms with E-state index in [0.29, 0.717) is 35.9 Å². The van der Waals surface area contributed by atoms with Crippen molar-refractivity contribution in [2.24, 2.45) is 5.92 Å². The molecule has 2 atom stereocenters. The number of nitrogens with zero attached hydrogens (tertiary/aromatic N) is 1. The quantitative estimate of drug-likeness (QED) is 0.784. The Kier molecular flexibility index (Phi) is 6.29. The second kappa shape index (κ2) is 8.31. The lowest BCUT2D eigenvalue weighted by atomic mass is 9.89. The molecule has 26 heavy (non-hydrogen) atoms. The third kappa shape index (κ3) is 4.61. The summed E-state index contributed by atoms with van der Waals surface area (Å²) >= 11 is 0. The van der Waals surface area contributed by atoms with Gasteiger partial charge < -0.3 is 10.2 Å². The fourth-order valence-corrected chi connectivity index (χ4v) is 4.72. The Morgan fingerprint density at radius 1 is 1.08 bits per heavy atom. The van der Waals surface area contributed by atoms with Gasteiger partial charge >= 0.3 is 0 Å². The Morgan fingerprint density at radius 2 is 1.69 bits per heavy atom. The second-order valence-electron chi connectivity index (χ2n) is 8.83. The Labute approximate surface area is 164 Å². The molecular weight excluding hydrogens is 344 g/mol. The minimum atomic E-state index is 0. The topological polar surface area (TPSA) is 32.3 Å². The van der Waals surface area contributed by atoms with E-state index in [9.17, 15) is 4.79 Å². The van der Waals surface area contributed by atoms with Gasteiger partial charge in [-0.1, -0.05) is 38.1 Å². The number of fused-ring (bicyclic) bond motifs is 2. The van der Waals surface area contributed by atoms with Gasteiger partial charge in [-0.3, -0.25) is 4.79 Å². The molecule has 2 bridgehead atoms. The Morgan fingerprint density at radius 3 is 2.23 bits per heavy atom. The molecule has 0 spiro atoms. The molecule has 1 aliphatic carbocycles. The van der Waals surface area contributed by atoms with E-state index in [1.165, 1.54) is 49.7 Å². The first-order chi connectivity index (χ1) is 12.1. The number of rotatable bonds is 6. The summed E-state index contributed by atoms with van der Waals surface area (Å²) in [5, 5.41) is 3.69. The number of halogens is 1. The van der Waals surface area contributed by atoms with Crippen LogP contribution in [0.15, 0.2) is 24.3 Å². The normalized spacial score (nSPS) is 27.3. The molecule has 1 amide bonds. The molecule has 1 saturated carbocycles. The first-order valence-electron chi connectivity index (χ1n) is 10.2. The molecule has 1 N–H and O–H groups in total. The van der Waals surface area contributed by atoms with E-state index in [0.717, 1.165) is 13.0 Å². The Balaban J connectivity index is 0.00000196. The number of amides is 1. The lowest BCUT2D eigenvalue weighted by molar-refractivity contribution is -0.133. The Bertz CT molecular complexity index is 599. The summed E-state index contributed by atoms with van der Waals surface area (Å²) in [6.45, 7) is 5.24. The van der Waals surface area contributed by atoms with Crippen LogP contribution in [0.25, 0.3) is 0 Å². The van der Waals surface area contributed by atoms with Crippen molar-refractivity contribution in [2.75, 3.05) is 0 Å². The lowest BCUT2D eigenvalue weighted by Crippen LogP contribution is -2.40. The van der Waals surface area contributed by atoms with Crippen LogP contribution in [0.2, 0.25) is 0 Å². The van der Waals surface area contributed by atoms with Gasteiger partial charge in [-0.15, -0.1) is 12.4 Å². The van der Waals surface area contributed by atoms with Crippen molar-refractivity contribution in [1.29, 1.82) is 0 Å². The highest BCUT2D eigenvalue weighted by Crippen LogP contribution is 2.35. The van der Waals surface area contributed by atoms with Gasteiger partial charge in [0.15, 0.2) is 0 Å². The van der Waals surface area contributed by atoms with Gasteiger partial charge in [0.05, 0.1) is 0 Å². The molecule has 4 rings (SSSR count). The zero-order valence-corrected chi connectivity index (χ0v) is 16.9. The van der Waals surface area contributed by atoms with E-state index in [1.807, 2.05) is 0 Å². The molecule has 1 aromatic carbocycles. The van der Waals surface area contributed by atoms with Crippen LogP contribution in [-0.2, 0) is 11.3 Å². The van der Waals surface area contributed by atoms with E-state index >= 15 is 0 Å². The van der Waals surface area contributed by atoms with Crippen molar-refractivity contribution in [3.63, 3.8) is 0 Å². The molecule has 2 heterocycles. The van der Waals surface area contributed by atoms with E-state index in [4.69, 9.17) is 0 Å². The average Bonchev–Trinajstić information content (AvgIpc) is 3.37. The van der Waals surface area contributed by atoms with Crippen LogP contribution in [0.5, 0.6) is 0 Å². The van der Waals surface area contributed by atoms with Crippen LogP contribution >= 0.6 is 12.4 Å². The van der Waals surface area contributed by atoms with E-state index in [-0.39, 0.29) is 12.4 Å². The summed E-state index contributed by atoms with van der Waals surface area (Å²) in [7, 11) is 0. The third-order valence-electron chi connectivity index (χ3n) is 6.34. The summed E-state index contributed by atoms with van der Waals surface area (Å²) in [6.07, 6.45) is 8.15. The summed E-state index contributed by atoms with van der Waals surface area (Å²) in [5.74, 6) is 1.54. The number of benzene rings is 1. The standard InChI is InChI=1S/C22H32N2O.ClH/c1-15(2)18-5-3-16(4-6-18)14-24(21-9-10-21)22(25)13-17-11-19-7-8-20(12-17)23-19;/h3-6,15,17,19-21,23H,7-14H2,1-2H3;1H. The highest BCUT2D eigenvalue weighted by molar-refractivity contribution is 5.85. The zero-order valence-electron chi connectivity index (χ0n) is 16.1. The predicted molar refractivity (Wildman–Crippen MR) is 109 cm³/mol. The summed E-state index contributed by atoms with van der Waals surface area (Å²) in [4.78, 5) is 15.2. The number of carbonyl (C=O) groups excluding carboxylic acids is 1. The van der Waals surface area contributed by atoms with Crippen molar-refractivity contribution in [1.82, 2.24) is 10.2 Å². The highest BCUT2D eigenvalue weighted by atomic mass is 35.5. The minimum Gasteiger partial charge on any atom is -0.335 e. The van der Waals surface area contributed by atoms with Gasteiger partial charge in [-0.25, -0.2) is 0 Å². The van der Waals surface area contributed by atoms with Crippen molar-refractivity contribution >= 4 is 18.3 Å². The lowest BCUT2D eigenvalue weighted by Gasteiger charge is -2.31. The Hall–Kier alpha value is -1.06. The number of hydrogen-bond donors (Lipinski definition) is 1. The molecular formula is C22H33ClN2O. The van der Waals surface area contributed by atoms with Crippen LogP contribution in [0.3, 0.4) is 0 Å². The van der Waals surface area contributed by atoms with Crippen LogP contribution in [-0.4, -0.2) is 28.9 Å². The molecule has 2 unspecified atom stereocenters. The average molecular weight is 377 g/mol. The number of nitrogens with one attached hydrogen (secondary N) is 1. The van der Waals surface area contributed by atoms with Gasteiger partial charge in [-0.2, -0.15) is 0 Å². The summed E-state index contributed by atoms with van der Waals surface area (Å²) < 4.78 is 0. The molecule has 3 nitrogen and oxygen atoms in total. The summed E-state index contributed by atoms with van der Waals surface area (Å²) in [5.41, 5.74) is 2.65. The maximum atomic E-state index is 13.0. The molecule has 3 aliphatic rings. The van der Waals surface area contributed by atoms with E-state index < -0.39 is 0 Å². The van der Waals surface area contributed by atoms with Crippen LogP contribution < -0.4 is 5.32 Å². The monoisotopic (exact) mass is 376 g/mol. The number of hydrogen-bond acceptors (Lipinski definition) is 2. The predicted octanol–water partition coefficient (Wildman–Crippen LogP) is 4.64. The van der Waals surface area contributed by atoms with Crippen molar-refractivity contribution in [3.05, 3.63) is 35.4 Å². The molecule has 3 fully saturated rings. The maximum Gasteiger partial charge on any atom is 0.223 e. The number of piperidine rings is 1. The third-order valence-corrected chi connectivity index (χ3v) is 6.34. The SMILES string of the molecule is CC(C)c1ccc(CN(C(=O)CC2CC3CCC(C2)N3)C2CC2)cc1.Cl. The van der Waals surface area contributed by atoms with Crippen LogP contribution in [0, 0.1) is 5.92 Å². The van der Waals surface area contributed by atoms with Gasteiger partial charge in [0.1, 0.15) is 0 Å². The summed E-state index contributed by atoms with van der Waals surface area (Å²) in [6, 6.07) is 10.7. The highest BCUT2D eigenvalue weighted by Gasteiger charge is 2.37. The van der Waals surface area contributed by atoms with E-state index in [2.05, 4.69) is 48.3 Å². The fraction of sp³-hybridized carbons (Fsp3) is 0.682. The largest absolute Gasteiger partial charge is 0.335 e. The smallest absolute Gasteiger partial charge is 0.223 e. The molecule has 144 valence electrons. The second-order valence-corrected chi connectivity index (χ2v) is 8.83. The van der Waals surface area contributed by atoms with E-state index in [1.54, 1.807) is 0 Å². The van der Waals surface area contributed by atoms with Gasteiger partial charge in [-0.05, 0) is 61.5 Å². The molecule has 2 aliphatic heterocycles. The zero-order chi connectivity index (χ0) is 17.4. The van der Waals surface area contributed by atoms with Crippen molar-refractivity contribution in [3.8, 4) is 0 Å². The van der Waals surface area contributed by atoms with Crippen LogP contribution in [0.4, 0.5) is 0 Å². The molecule has 1 aromatic rings. The van der Waals surface area contributed by atoms with Crippen molar-refractivity contribution in [2.45, 2.75) is 89.4 Å². The molecule has 0 aromatic heterocycles. The number of carbonyl (C=O) groups is 1. The first kappa shape index (κ1) is 19.7. The minimum absolute atomic E-state index is 0. The first-order valence-corrected chi connectivity index (χ1v) is 10.2. The van der Waals surface area contributed by atoms with Crippen LogP contribution in [0.1, 0.15) is 75.8 Å². The van der Waals surface area contributed by atoms with Gasteiger partial charge in [0, 0.05) is 31.1 Å². The van der Waals surface area contributed by atoms with Crippen molar-refractivity contribution < 1.29 is 4.79 Å². The molecule has 4 heteroatoms. The molecule has 2 saturated heterocycles. The molecule has 0 radical (unpaired) electrons. The fourth-order valence-electron chi connectivity index (χ4n) is 4.72.